The van der Waals surface area contributed by atoms with Gasteiger partial charge < -0.3 is 10.5 Å². The van der Waals surface area contributed by atoms with Crippen LogP contribution in [0.2, 0.25) is 0 Å². The summed E-state index contributed by atoms with van der Waals surface area (Å²) in [5.74, 6) is -1.34. The molecule has 3 rings (SSSR count). The fraction of sp³-hybridized carbons (Fsp3) is 0.188. The second-order valence-electron chi connectivity index (χ2n) is 5.47. The van der Waals surface area contributed by atoms with Crippen LogP contribution in [0.15, 0.2) is 47.4 Å². The highest BCUT2D eigenvalue weighted by Crippen LogP contribution is 2.28. The number of halogens is 3. The molecule has 26 heavy (non-hydrogen) atoms. The summed E-state index contributed by atoms with van der Waals surface area (Å²) in [6, 6.07) is 8.57. The molecule has 0 unspecified atom stereocenters. The first-order valence-corrected chi connectivity index (χ1v) is 7.42. The predicted octanol–water partition coefficient (Wildman–Crippen LogP) is 1.91. The van der Waals surface area contributed by atoms with E-state index in [1.807, 2.05) is 0 Å². The number of hydrogen-bond acceptors (Lipinski definition) is 4. The van der Waals surface area contributed by atoms with Gasteiger partial charge in [-0.2, -0.15) is 17.9 Å². The fourth-order valence-electron chi connectivity index (χ4n) is 2.29. The smallest absolute Gasteiger partial charge is 0.425 e. The van der Waals surface area contributed by atoms with E-state index in [0.717, 1.165) is 17.7 Å². The molecule has 0 aliphatic rings. The molecule has 2 N–H and O–H groups in total. The van der Waals surface area contributed by atoms with E-state index in [0.29, 0.717) is 5.65 Å². The van der Waals surface area contributed by atoms with Crippen molar-refractivity contribution >= 4 is 11.6 Å². The van der Waals surface area contributed by atoms with Crippen LogP contribution in [-0.4, -0.2) is 32.4 Å². The molecule has 0 fully saturated rings. The third-order valence-electron chi connectivity index (χ3n) is 3.67. The van der Waals surface area contributed by atoms with Crippen molar-refractivity contribution in [1.29, 1.82) is 0 Å². The summed E-state index contributed by atoms with van der Waals surface area (Å²) in [7, 11) is 0. The Morgan fingerprint density at radius 3 is 2.62 bits per heavy atom. The SMILES string of the molecule is C[C@H](Oc1cc(-n2nc3ccccn3c2=O)ccc1C(N)=O)C(F)(F)F. The molecule has 2 aromatic heterocycles. The van der Waals surface area contributed by atoms with Crippen molar-refractivity contribution in [3.8, 4) is 11.4 Å². The number of fused-ring (bicyclic) bond motifs is 1. The number of carbonyl (C=O) groups excluding carboxylic acids is 1. The molecule has 2 heterocycles. The number of primary amides is 1. The van der Waals surface area contributed by atoms with Crippen LogP contribution in [0.1, 0.15) is 17.3 Å². The number of pyridine rings is 1. The molecule has 0 bridgehead atoms. The number of nitrogens with two attached hydrogens (primary N) is 1. The molecule has 136 valence electrons. The number of alkyl halides is 3. The molecule has 3 aromatic rings. The number of rotatable bonds is 4. The van der Waals surface area contributed by atoms with E-state index in [1.165, 1.54) is 22.7 Å². The number of hydrogen-bond donors (Lipinski definition) is 1. The molecule has 0 radical (unpaired) electrons. The Kier molecular flexibility index (Phi) is 4.18. The molecule has 7 nitrogen and oxygen atoms in total. The maximum atomic E-state index is 12.8. The average Bonchev–Trinajstić information content (AvgIpc) is 2.91. The lowest BCUT2D eigenvalue weighted by molar-refractivity contribution is -0.189. The van der Waals surface area contributed by atoms with Gasteiger partial charge in [-0.1, -0.05) is 6.07 Å². The molecule has 0 aliphatic carbocycles. The lowest BCUT2D eigenvalue weighted by Gasteiger charge is -2.19. The van der Waals surface area contributed by atoms with Gasteiger partial charge in [0.1, 0.15) is 5.75 Å². The van der Waals surface area contributed by atoms with E-state index in [1.54, 1.807) is 18.2 Å². The van der Waals surface area contributed by atoms with E-state index in [4.69, 9.17) is 10.5 Å². The Bertz CT molecular complexity index is 1040. The van der Waals surface area contributed by atoms with Crippen LogP contribution in [-0.2, 0) is 0 Å². The van der Waals surface area contributed by atoms with Gasteiger partial charge in [-0.15, -0.1) is 5.10 Å². The van der Waals surface area contributed by atoms with Crippen molar-refractivity contribution < 1.29 is 22.7 Å². The number of aromatic nitrogens is 3. The van der Waals surface area contributed by atoms with Gasteiger partial charge in [-0.05, 0) is 31.2 Å². The zero-order valence-electron chi connectivity index (χ0n) is 13.4. The Hall–Kier alpha value is -3.30. The molecule has 0 spiro atoms. The second kappa shape index (κ2) is 6.21. The summed E-state index contributed by atoms with van der Waals surface area (Å²) < 4.78 is 45.5. The monoisotopic (exact) mass is 366 g/mol. The van der Waals surface area contributed by atoms with Crippen LogP contribution in [0.5, 0.6) is 5.75 Å². The van der Waals surface area contributed by atoms with Crippen molar-refractivity contribution in [3.05, 3.63) is 58.6 Å². The number of nitrogens with zero attached hydrogens (tertiary/aromatic N) is 3. The molecule has 1 atom stereocenters. The van der Waals surface area contributed by atoms with Gasteiger partial charge in [0.15, 0.2) is 11.8 Å². The van der Waals surface area contributed by atoms with Crippen molar-refractivity contribution in [2.24, 2.45) is 5.73 Å². The number of benzene rings is 1. The average molecular weight is 366 g/mol. The first-order chi connectivity index (χ1) is 12.2. The van der Waals surface area contributed by atoms with Crippen LogP contribution in [0.3, 0.4) is 0 Å². The zero-order valence-corrected chi connectivity index (χ0v) is 13.4. The fourth-order valence-corrected chi connectivity index (χ4v) is 2.29. The third-order valence-corrected chi connectivity index (χ3v) is 3.67. The van der Waals surface area contributed by atoms with Crippen molar-refractivity contribution in [2.45, 2.75) is 19.2 Å². The van der Waals surface area contributed by atoms with Crippen LogP contribution < -0.4 is 16.2 Å². The standard InChI is InChI=1S/C16H13F3N4O3/c1-9(16(17,18)19)26-12-8-10(5-6-11(12)14(20)24)23-15(25)22-7-3-2-4-13(22)21-23/h2-9H,1H3,(H2,20,24)/t9-/m0/s1. The summed E-state index contributed by atoms with van der Waals surface area (Å²) in [6.07, 6.45) is -5.30. The number of carbonyl (C=O) groups is 1. The van der Waals surface area contributed by atoms with E-state index >= 15 is 0 Å². The minimum atomic E-state index is -4.63. The number of amides is 1. The third kappa shape index (κ3) is 3.13. The summed E-state index contributed by atoms with van der Waals surface area (Å²) in [6.45, 7) is 0.800. The van der Waals surface area contributed by atoms with Gasteiger partial charge in [0.2, 0.25) is 0 Å². The molecule has 10 heteroatoms. The molecule has 0 saturated carbocycles. The van der Waals surface area contributed by atoms with Gasteiger partial charge in [0, 0.05) is 12.3 Å². The first kappa shape index (κ1) is 17.5. The summed E-state index contributed by atoms with van der Waals surface area (Å²) >= 11 is 0. The molecule has 1 aromatic carbocycles. The number of ether oxygens (including phenoxy) is 1. The maximum absolute atomic E-state index is 12.8. The van der Waals surface area contributed by atoms with E-state index < -0.39 is 23.9 Å². The van der Waals surface area contributed by atoms with Crippen molar-refractivity contribution in [1.82, 2.24) is 14.2 Å². The van der Waals surface area contributed by atoms with E-state index in [9.17, 15) is 22.8 Å². The summed E-state index contributed by atoms with van der Waals surface area (Å²) in [5.41, 5.74) is 4.91. The topological polar surface area (TPSA) is 91.6 Å². The molecule has 1 amide bonds. The second-order valence-corrected chi connectivity index (χ2v) is 5.47. The van der Waals surface area contributed by atoms with Gasteiger partial charge in [-0.3, -0.25) is 4.79 Å². The zero-order chi connectivity index (χ0) is 19.1. The molecule has 0 aliphatic heterocycles. The molecular weight excluding hydrogens is 353 g/mol. The van der Waals surface area contributed by atoms with E-state index in [-0.39, 0.29) is 17.0 Å². The van der Waals surface area contributed by atoms with Gasteiger partial charge in [0.25, 0.3) is 5.91 Å². The Morgan fingerprint density at radius 2 is 2.00 bits per heavy atom. The largest absolute Gasteiger partial charge is 0.480 e. The molecular formula is C16H13F3N4O3. The first-order valence-electron chi connectivity index (χ1n) is 7.42. The lowest BCUT2D eigenvalue weighted by atomic mass is 10.1. The minimum Gasteiger partial charge on any atom is -0.480 e. The highest BCUT2D eigenvalue weighted by Gasteiger charge is 2.38. The van der Waals surface area contributed by atoms with Crippen LogP contribution in [0.4, 0.5) is 13.2 Å². The van der Waals surface area contributed by atoms with Crippen LogP contribution in [0, 0.1) is 0 Å². The minimum absolute atomic E-state index is 0.132. The predicted molar refractivity (Wildman–Crippen MR) is 85.5 cm³/mol. The quantitative estimate of drug-likeness (QED) is 0.764. The Labute approximate surface area is 144 Å². The lowest BCUT2D eigenvalue weighted by Crippen LogP contribution is -2.32. The van der Waals surface area contributed by atoms with E-state index in [2.05, 4.69) is 5.10 Å². The van der Waals surface area contributed by atoms with Gasteiger partial charge in [-0.25, -0.2) is 9.20 Å². The molecule has 0 saturated heterocycles. The Balaban J connectivity index is 2.11. The maximum Gasteiger partial charge on any atom is 0.425 e. The summed E-state index contributed by atoms with van der Waals surface area (Å²) in [4.78, 5) is 23.9. The van der Waals surface area contributed by atoms with Crippen molar-refractivity contribution in [3.63, 3.8) is 0 Å². The Morgan fingerprint density at radius 1 is 1.27 bits per heavy atom. The van der Waals surface area contributed by atoms with Gasteiger partial charge in [0.05, 0.1) is 11.3 Å². The van der Waals surface area contributed by atoms with Gasteiger partial charge >= 0.3 is 11.9 Å². The van der Waals surface area contributed by atoms with Crippen LogP contribution >= 0.6 is 0 Å². The summed E-state index contributed by atoms with van der Waals surface area (Å²) in [5, 5.41) is 4.10. The highest BCUT2D eigenvalue weighted by molar-refractivity contribution is 5.96. The highest BCUT2D eigenvalue weighted by atomic mass is 19.4. The normalized spacial score (nSPS) is 12.9. The van der Waals surface area contributed by atoms with Crippen LogP contribution in [0.25, 0.3) is 11.3 Å². The van der Waals surface area contributed by atoms with Crippen molar-refractivity contribution in [2.75, 3.05) is 0 Å².